The van der Waals surface area contributed by atoms with Gasteiger partial charge in [-0.05, 0) is 57.1 Å². The van der Waals surface area contributed by atoms with Gasteiger partial charge in [0.2, 0.25) is 0 Å². The normalized spacial score (nSPS) is 16.4. The van der Waals surface area contributed by atoms with E-state index in [9.17, 15) is 4.79 Å². The summed E-state index contributed by atoms with van der Waals surface area (Å²) in [5.41, 5.74) is 0.632. The zero-order valence-corrected chi connectivity index (χ0v) is 14.3. The Morgan fingerprint density at radius 2 is 1.95 bits per heavy atom. The van der Waals surface area contributed by atoms with Crippen molar-refractivity contribution in [2.75, 3.05) is 18.0 Å². The highest BCUT2D eigenvalue weighted by Gasteiger charge is 2.21. The van der Waals surface area contributed by atoms with Crippen LogP contribution in [0.25, 0.3) is 0 Å². The fourth-order valence-electron chi connectivity index (χ4n) is 3.12. The van der Waals surface area contributed by atoms with Crippen LogP contribution in [0.5, 0.6) is 0 Å². The fourth-order valence-corrected chi connectivity index (χ4v) is 3.12. The Hall–Kier alpha value is -1.58. The third-order valence-corrected chi connectivity index (χ3v) is 4.17. The van der Waals surface area contributed by atoms with Crippen LogP contribution >= 0.6 is 0 Å². The van der Waals surface area contributed by atoms with E-state index in [1.54, 1.807) is 6.20 Å². The first kappa shape index (κ1) is 16.8. The third kappa shape index (κ3) is 4.72. The first-order valence-electron chi connectivity index (χ1n) is 8.47. The van der Waals surface area contributed by atoms with Crippen molar-refractivity contribution in [2.45, 2.75) is 53.0 Å². The van der Waals surface area contributed by atoms with Gasteiger partial charge >= 0.3 is 0 Å². The largest absolute Gasteiger partial charge is 0.357 e. The number of carbonyl (C=O) groups excluding carboxylic acids is 1. The highest BCUT2D eigenvalue weighted by atomic mass is 16.1. The molecule has 0 bridgehead atoms. The maximum Gasteiger partial charge on any atom is 0.253 e. The van der Waals surface area contributed by atoms with Crippen LogP contribution in [-0.4, -0.2) is 30.0 Å². The summed E-state index contributed by atoms with van der Waals surface area (Å²) in [7, 11) is 0. The molecule has 0 spiro atoms. The number of nitrogens with zero attached hydrogens (tertiary/aromatic N) is 2. The minimum absolute atomic E-state index is 0.0512. The maximum absolute atomic E-state index is 11.9. The molecule has 0 radical (unpaired) electrons. The molecule has 1 aliphatic rings. The molecule has 1 fully saturated rings. The second-order valence-electron chi connectivity index (χ2n) is 7.09. The van der Waals surface area contributed by atoms with Crippen molar-refractivity contribution in [2.24, 2.45) is 11.8 Å². The van der Waals surface area contributed by atoms with E-state index in [-0.39, 0.29) is 11.9 Å². The van der Waals surface area contributed by atoms with E-state index in [0.717, 1.165) is 30.7 Å². The molecule has 22 heavy (non-hydrogen) atoms. The fraction of sp³-hybridized carbons (Fsp3) is 0.667. The van der Waals surface area contributed by atoms with Gasteiger partial charge in [0.25, 0.3) is 5.91 Å². The summed E-state index contributed by atoms with van der Waals surface area (Å²) in [5.74, 6) is 2.58. The van der Waals surface area contributed by atoms with Crippen LogP contribution in [0.1, 0.15) is 57.3 Å². The van der Waals surface area contributed by atoms with E-state index in [1.165, 1.54) is 19.3 Å². The number of carbonyl (C=O) groups is 1. The van der Waals surface area contributed by atoms with Crippen LogP contribution in [0.4, 0.5) is 5.82 Å². The summed E-state index contributed by atoms with van der Waals surface area (Å²) in [4.78, 5) is 18.7. The summed E-state index contributed by atoms with van der Waals surface area (Å²) < 4.78 is 0. The van der Waals surface area contributed by atoms with Gasteiger partial charge in [-0.25, -0.2) is 4.98 Å². The molecule has 2 rings (SSSR count). The smallest absolute Gasteiger partial charge is 0.253 e. The predicted molar refractivity (Wildman–Crippen MR) is 91.2 cm³/mol. The Morgan fingerprint density at radius 3 is 2.45 bits per heavy atom. The van der Waals surface area contributed by atoms with Gasteiger partial charge in [0.15, 0.2) is 0 Å². The van der Waals surface area contributed by atoms with Crippen molar-refractivity contribution in [1.29, 1.82) is 0 Å². The van der Waals surface area contributed by atoms with Crippen molar-refractivity contribution in [3.8, 4) is 0 Å². The zero-order chi connectivity index (χ0) is 16.1. The Labute approximate surface area is 134 Å². The Kier molecular flexibility index (Phi) is 5.81. The van der Waals surface area contributed by atoms with E-state index in [0.29, 0.717) is 5.56 Å². The molecule has 1 aromatic heterocycles. The number of pyridine rings is 1. The summed E-state index contributed by atoms with van der Waals surface area (Å²) >= 11 is 0. The Bertz CT molecular complexity index is 474. The van der Waals surface area contributed by atoms with E-state index < -0.39 is 0 Å². The van der Waals surface area contributed by atoms with Crippen molar-refractivity contribution in [1.82, 2.24) is 10.3 Å². The molecule has 0 aromatic carbocycles. The molecule has 0 aliphatic carbocycles. The van der Waals surface area contributed by atoms with Gasteiger partial charge in [-0.15, -0.1) is 0 Å². The molecule has 2 heterocycles. The summed E-state index contributed by atoms with van der Waals surface area (Å²) in [6.07, 6.45) is 5.51. The molecule has 1 aromatic rings. The Morgan fingerprint density at radius 1 is 1.27 bits per heavy atom. The molecule has 0 saturated carbocycles. The number of rotatable bonds is 5. The molecular formula is C18H29N3O. The summed E-state index contributed by atoms with van der Waals surface area (Å²) in [5, 5.41) is 2.89. The topological polar surface area (TPSA) is 45.2 Å². The van der Waals surface area contributed by atoms with E-state index in [1.807, 2.05) is 26.0 Å². The SMILES string of the molecule is CC(C)CC1CCN(c2ccc(C(=O)NC(C)C)cn2)CC1. The van der Waals surface area contributed by atoms with Crippen LogP contribution in [-0.2, 0) is 0 Å². The average molecular weight is 303 g/mol. The lowest BCUT2D eigenvalue weighted by Gasteiger charge is -2.33. The first-order valence-corrected chi connectivity index (χ1v) is 8.47. The standard InChI is InChI=1S/C18H29N3O/c1-13(2)11-15-7-9-21(10-8-15)17-6-5-16(12-19-17)18(22)20-14(3)4/h5-6,12-15H,7-11H2,1-4H3,(H,20,22). The van der Waals surface area contributed by atoms with Gasteiger partial charge in [-0.1, -0.05) is 13.8 Å². The van der Waals surface area contributed by atoms with Crippen LogP contribution < -0.4 is 10.2 Å². The molecule has 122 valence electrons. The van der Waals surface area contributed by atoms with E-state index in [2.05, 4.69) is 29.0 Å². The summed E-state index contributed by atoms with van der Waals surface area (Å²) in [6.45, 7) is 10.7. The molecule has 4 heteroatoms. The molecule has 1 N–H and O–H groups in total. The minimum atomic E-state index is -0.0512. The number of hydrogen-bond acceptors (Lipinski definition) is 3. The van der Waals surface area contributed by atoms with Crippen LogP contribution in [0.3, 0.4) is 0 Å². The minimum Gasteiger partial charge on any atom is -0.357 e. The lowest BCUT2D eigenvalue weighted by atomic mass is 9.88. The second kappa shape index (κ2) is 7.61. The van der Waals surface area contributed by atoms with Gasteiger partial charge in [0.05, 0.1) is 5.56 Å². The zero-order valence-electron chi connectivity index (χ0n) is 14.3. The second-order valence-corrected chi connectivity index (χ2v) is 7.09. The molecule has 1 saturated heterocycles. The third-order valence-electron chi connectivity index (χ3n) is 4.17. The lowest BCUT2D eigenvalue weighted by molar-refractivity contribution is 0.0943. The van der Waals surface area contributed by atoms with Crippen molar-refractivity contribution in [3.05, 3.63) is 23.9 Å². The number of amides is 1. The molecule has 1 aliphatic heterocycles. The van der Waals surface area contributed by atoms with Crippen molar-refractivity contribution in [3.63, 3.8) is 0 Å². The first-order chi connectivity index (χ1) is 10.5. The average Bonchev–Trinajstić information content (AvgIpc) is 2.47. The molecular weight excluding hydrogens is 274 g/mol. The van der Waals surface area contributed by atoms with Gasteiger partial charge in [0, 0.05) is 25.3 Å². The quantitative estimate of drug-likeness (QED) is 0.905. The highest BCUT2D eigenvalue weighted by molar-refractivity contribution is 5.94. The maximum atomic E-state index is 11.9. The predicted octanol–water partition coefficient (Wildman–Crippen LogP) is 3.48. The van der Waals surface area contributed by atoms with Gasteiger partial charge in [-0.3, -0.25) is 4.79 Å². The monoisotopic (exact) mass is 303 g/mol. The lowest BCUT2D eigenvalue weighted by Crippen LogP contribution is -2.34. The van der Waals surface area contributed by atoms with Crippen molar-refractivity contribution < 1.29 is 4.79 Å². The highest BCUT2D eigenvalue weighted by Crippen LogP contribution is 2.26. The number of piperidine rings is 1. The van der Waals surface area contributed by atoms with Gasteiger partial charge in [-0.2, -0.15) is 0 Å². The molecule has 0 unspecified atom stereocenters. The number of nitrogens with one attached hydrogen (secondary N) is 1. The van der Waals surface area contributed by atoms with Crippen LogP contribution in [0.15, 0.2) is 18.3 Å². The molecule has 4 nitrogen and oxygen atoms in total. The summed E-state index contributed by atoms with van der Waals surface area (Å²) in [6, 6.07) is 3.99. The van der Waals surface area contributed by atoms with Gasteiger partial charge < -0.3 is 10.2 Å². The number of aromatic nitrogens is 1. The number of hydrogen-bond donors (Lipinski definition) is 1. The van der Waals surface area contributed by atoms with Crippen LogP contribution in [0, 0.1) is 11.8 Å². The molecule has 1 amide bonds. The Balaban J connectivity index is 1.90. The van der Waals surface area contributed by atoms with Crippen molar-refractivity contribution >= 4 is 11.7 Å². The molecule has 0 atom stereocenters. The van der Waals surface area contributed by atoms with E-state index in [4.69, 9.17) is 0 Å². The number of anilines is 1. The van der Waals surface area contributed by atoms with Gasteiger partial charge in [0.1, 0.15) is 5.82 Å². The van der Waals surface area contributed by atoms with Crippen LogP contribution in [0.2, 0.25) is 0 Å². The van der Waals surface area contributed by atoms with E-state index >= 15 is 0 Å².